The highest BCUT2D eigenvalue weighted by Gasteiger charge is 2.40. The molecule has 2 saturated carbocycles. The fraction of sp³-hybridized carbons (Fsp3) is 0.533. The highest BCUT2D eigenvalue weighted by molar-refractivity contribution is 7.90. The van der Waals surface area contributed by atoms with Crippen LogP contribution in [-0.2, 0) is 9.84 Å². The summed E-state index contributed by atoms with van der Waals surface area (Å²) in [6, 6.07) is 4.52. The summed E-state index contributed by atoms with van der Waals surface area (Å²) >= 11 is 0. The molecule has 2 fully saturated rings. The van der Waals surface area contributed by atoms with Crippen molar-refractivity contribution in [1.29, 1.82) is 0 Å². The van der Waals surface area contributed by atoms with Gasteiger partial charge in [-0.25, -0.2) is 8.42 Å². The smallest absolute Gasteiger partial charge is 0.251 e. The number of nitrogen functional groups attached to an aromatic ring is 1. The average molecular weight is 308 g/mol. The number of nitrogens with two attached hydrogens (primary N) is 1. The molecule has 2 aliphatic rings. The van der Waals surface area contributed by atoms with Gasteiger partial charge >= 0.3 is 0 Å². The molecule has 0 radical (unpaired) electrons. The van der Waals surface area contributed by atoms with E-state index < -0.39 is 9.84 Å². The van der Waals surface area contributed by atoms with Crippen LogP contribution in [0.1, 0.15) is 36.0 Å². The Hall–Kier alpha value is -1.56. The molecular weight excluding hydrogens is 288 g/mol. The van der Waals surface area contributed by atoms with Crippen LogP contribution >= 0.6 is 0 Å². The van der Waals surface area contributed by atoms with Gasteiger partial charge in [0.1, 0.15) is 0 Å². The van der Waals surface area contributed by atoms with E-state index in [4.69, 9.17) is 5.73 Å². The minimum Gasteiger partial charge on any atom is -0.399 e. The summed E-state index contributed by atoms with van der Waals surface area (Å²) < 4.78 is 23.2. The predicted molar refractivity (Wildman–Crippen MR) is 80.7 cm³/mol. The fourth-order valence-electron chi connectivity index (χ4n) is 3.64. The summed E-state index contributed by atoms with van der Waals surface area (Å²) in [5, 5.41) is 3.04. The van der Waals surface area contributed by atoms with Gasteiger partial charge in [0.2, 0.25) is 0 Å². The highest BCUT2D eigenvalue weighted by Crippen LogP contribution is 2.44. The van der Waals surface area contributed by atoms with E-state index in [0.717, 1.165) is 18.6 Å². The molecule has 2 bridgehead atoms. The molecule has 0 aliphatic heterocycles. The number of benzene rings is 1. The Morgan fingerprint density at radius 3 is 2.57 bits per heavy atom. The van der Waals surface area contributed by atoms with Crippen LogP contribution in [0.3, 0.4) is 0 Å². The molecule has 0 heterocycles. The van der Waals surface area contributed by atoms with E-state index in [-0.39, 0.29) is 22.5 Å². The monoisotopic (exact) mass is 308 g/mol. The van der Waals surface area contributed by atoms with Crippen LogP contribution in [0.4, 0.5) is 5.69 Å². The maximum absolute atomic E-state index is 12.3. The number of rotatable bonds is 3. The first-order valence-corrected chi connectivity index (χ1v) is 9.13. The topological polar surface area (TPSA) is 89.3 Å². The summed E-state index contributed by atoms with van der Waals surface area (Å²) in [5.74, 6) is 1.09. The Bertz CT molecular complexity index is 684. The van der Waals surface area contributed by atoms with Gasteiger partial charge in [0, 0.05) is 23.5 Å². The lowest BCUT2D eigenvalue weighted by Crippen LogP contribution is -2.38. The van der Waals surface area contributed by atoms with Crippen molar-refractivity contribution >= 4 is 21.4 Å². The van der Waals surface area contributed by atoms with Gasteiger partial charge in [-0.15, -0.1) is 0 Å². The average Bonchev–Trinajstić information content (AvgIpc) is 2.99. The van der Waals surface area contributed by atoms with Gasteiger partial charge in [-0.2, -0.15) is 0 Å². The van der Waals surface area contributed by atoms with Gasteiger partial charge in [-0.1, -0.05) is 6.42 Å². The molecule has 6 heteroatoms. The van der Waals surface area contributed by atoms with E-state index in [1.54, 1.807) is 0 Å². The second kappa shape index (κ2) is 5.02. The van der Waals surface area contributed by atoms with Crippen LogP contribution in [0.5, 0.6) is 0 Å². The van der Waals surface area contributed by atoms with Crippen molar-refractivity contribution in [3.63, 3.8) is 0 Å². The second-order valence-electron chi connectivity index (χ2n) is 6.32. The summed E-state index contributed by atoms with van der Waals surface area (Å²) in [5.41, 5.74) is 6.32. The van der Waals surface area contributed by atoms with Gasteiger partial charge in [0.25, 0.3) is 5.91 Å². The molecule has 2 aliphatic carbocycles. The first-order chi connectivity index (χ1) is 9.83. The molecule has 21 heavy (non-hydrogen) atoms. The first kappa shape index (κ1) is 14.4. The standard InChI is InChI=1S/C15H20N2O3S/c1-21(19,20)13-7-11(6-12(16)8-13)15(18)17-14-5-9-2-3-10(14)4-9/h6-10,14H,2-5,16H2,1H3,(H,17,18). The quantitative estimate of drug-likeness (QED) is 0.830. The van der Waals surface area contributed by atoms with Gasteiger partial charge in [0.05, 0.1) is 4.90 Å². The third kappa shape index (κ3) is 2.90. The van der Waals surface area contributed by atoms with Crippen molar-refractivity contribution in [1.82, 2.24) is 5.32 Å². The van der Waals surface area contributed by atoms with E-state index >= 15 is 0 Å². The Kier molecular flexibility index (Phi) is 3.43. The highest BCUT2D eigenvalue weighted by atomic mass is 32.2. The maximum Gasteiger partial charge on any atom is 0.251 e. The van der Waals surface area contributed by atoms with Crippen molar-refractivity contribution in [2.75, 3.05) is 12.0 Å². The Balaban J connectivity index is 1.80. The van der Waals surface area contributed by atoms with E-state index in [2.05, 4.69) is 5.32 Å². The molecule has 3 unspecified atom stereocenters. The zero-order valence-electron chi connectivity index (χ0n) is 12.0. The second-order valence-corrected chi connectivity index (χ2v) is 8.33. The lowest BCUT2D eigenvalue weighted by atomic mass is 9.95. The number of amides is 1. The van der Waals surface area contributed by atoms with E-state index in [0.29, 0.717) is 11.5 Å². The number of anilines is 1. The van der Waals surface area contributed by atoms with Crippen LogP contribution in [0, 0.1) is 11.8 Å². The SMILES string of the molecule is CS(=O)(=O)c1cc(N)cc(C(=O)NC2CC3CCC2C3)c1. The summed E-state index contributed by atoms with van der Waals surface area (Å²) in [7, 11) is -3.38. The largest absolute Gasteiger partial charge is 0.399 e. The van der Waals surface area contributed by atoms with Crippen molar-refractivity contribution < 1.29 is 13.2 Å². The predicted octanol–water partition coefficient (Wildman–Crippen LogP) is 1.59. The summed E-state index contributed by atoms with van der Waals surface area (Å²) in [6.07, 6.45) is 5.81. The Morgan fingerprint density at radius 1 is 1.24 bits per heavy atom. The van der Waals surface area contributed by atoms with Crippen molar-refractivity contribution in [2.24, 2.45) is 11.8 Å². The first-order valence-electron chi connectivity index (χ1n) is 7.24. The summed E-state index contributed by atoms with van der Waals surface area (Å²) in [4.78, 5) is 12.4. The number of hydrogen-bond acceptors (Lipinski definition) is 4. The molecule has 0 spiro atoms. The van der Waals surface area contributed by atoms with E-state index in [1.807, 2.05) is 0 Å². The molecule has 1 aromatic rings. The molecule has 1 amide bonds. The lowest BCUT2D eigenvalue weighted by Gasteiger charge is -2.23. The number of carbonyl (C=O) groups excluding carboxylic acids is 1. The van der Waals surface area contributed by atoms with Crippen LogP contribution in [0.2, 0.25) is 0 Å². The van der Waals surface area contributed by atoms with Crippen LogP contribution in [0.15, 0.2) is 23.1 Å². The number of fused-ring (bicyclic) bond motifs is 2. The molecule has 3 rings (SSSR count). The summed E-state index contributed by atoms with van der Waals surface area (Å²) in [6.45, 7) is 0. The fourth-order valence-corrected chi connectivity index (χ4v) is 4.33. The van der Waals surface area contributed by atoms with Gasteiger partial charge in [-0.3, -0.25) is 4.79 Å². The molecule has 114 valence electrons. The van der Waals surface area contributed by atoms with E-state index in [9.17, 15) is 13.2 Å². The maximum atomic E-state index is 12.3. The Labute approximate surface area is 124 Å². The minimum absolute atomic E-state index is 0.0839. The molecule has 5 nitrogen and oxygen atoms in total. The van der Waals surface area contributed by atoms with Gasteiger partial charge in [0.15, 0.2) is 9.84 Å². The van der Waals surface area contributed by atoms with Crippen molar-refractivity contribution in [3.05, 3.63) is 23.8 Å². The zero-order valence-corrected chi connectivity index (χ0v) is 12.8. The molecule has 1 aromatic carbocycles. The molecule has 3 atom stereocenters. The van der Waals surface area contributed by atoms with E-state index in [1.165, 1.54) is 37.5 Å². The number of nitrogens with one attached hydrogen (secondary N) is 1. The van der Waals surface area contributed by atoms with Crippen LogP contribution in [-0.4, -0.2) is 26.6 Å². The lowest BCUT2D eigenvalue weighted by molar-refractivity contribution is 0.0922. The molecule has 0 saturated heterocycles. The zero-order chi connectivity index (χ0) is 15.2. The third-order valence-corrected chi connectivity index (χ3v) is 5.77. The molecule has 0 aromatic heterocycles. The molecular formula is C15H20N2O3S. The van der Waals surface area contributed by atoms with Crippen molar-refractivity contribution in [2.45, 2.75) is 36.6 Å². The molecule has 3 N–H and O–H groups in total. The minimum atomic E-state index is -3.38. The van der Waals surface area contributed by atoms with Gasteiger partial charge < -0.3 is 11.1 Å². The van der Waals surface area contributed by atoms with Crippen LogP contribution in [0.25, 0.3) is 0 Å². The Morgan fingerprint density at radius 2 is 2.00 bits per heavy atom. The van der Waals surface area contributed by atoms with Gasteiger partial charge in [-0.05, 0) is 49.3 Å². The number of sulfone groups is 1. The normalized spacial score (nSPS) is 27.8. The van der Waals surface area contributed by atoms with Crippen LogP contribution < -0.4 is 11.1 Å². The number of carbonyl (C=O) groups is 1. The third-order valence-electron chi connectivity index (χ3n) is 4.67. The van der Waals surface area contributed by atoms with Crippen molar-refractivity contribution in [3.8, 4) is 0 Å². The number of hydrogen-bond donors (Lipinski definition) is 2.